The van der Waals surface area contributed by atoms with Gasteiger partial charge >= 0.3 is 0 Å². The van der Waals surface area contributed by atoms with Crippen LogP contribution in [-0.2, 0) is 19.4 Å². The lowest BCUT2D eigenvalue weighted by atomic mass is 9.73. The third-order valence-electron chi connectivity index (χ3n) is 6.44. The van der Waals surface area contributed by atoms with Crippen LogP contribution in [0.4, 0.5) is 0 Å². The summed E-state index contributed by atoms with van der Waals surface area (Å²) in [6.07, 6.45) is 5.13. The molecule has 1 saturated carbocycles. The molecule has 2 unspecified atom stereocenters. The number of aromatic nitrogens is 1. The first-order valence-electron chi connectivity index (χ1n) is 10.0. The number of rotatable bonds is 2. The molecule has 142 valence electrons. The van der Waals surface area contributed by atoms with E-state index in [4.69, 9.17) is 11.6 Å². The van der Waals surface area contributed by atoms with Crippen LogP contribution >= 0.6 is 11.6 Å². The summed E-state index contributed by atoms with van der Waals surface area (Å²) in [5.41, 5.74) is 3.48. The number of likely N-dealkylation sites (N-methyl/N-ethyl adjacent to an activating group) is 1. The van der Waals surface area contributed by atoms with Gasteiger partial charge in [-0.15, -0.1) is 0 Å². The molecule has 4 heteroatoms. The van der Waals surface area contributed by atoms with Crippen LogP contribution in [0.1, 0.15) is 44.4 Å². The molecule has 0 spiro atoms. The van der Waals surface area contributed by atoms with Gasteiger partial charge in [0.05, 0.1) is 12.1 Å². The largest absolute Gasteiger partial charge is 0.388 e. The smallest absolute Gasteiger partial charge is 0.0831 e. The first-order valence-corrected chi connectivity index (χ1v) is 10.4. The molecule has 1 aromatic heterocycles. The van der Waals surface area contributed by atoms with Crippen LogP contribution in [0, 0.1) is 11.8 Å². The summed E-state index contributed by atoms with van der Waals surface area (Å²) >= 11 is 6.33. The fourth-order valence-electron chi connectivity index (χ4n) is 5.56. The van der Waals surface area contributed by atoms with E-state index in [1.54, 1.807) is 0 Å². The maximum absolute atomic E-state index is 11.5. The summed E-state index contributed by atoms with van der Waals surface area (Å²) in [6, 6.07) is 6.25. The number of hydrogen-bond acceptors (Lipinski definition) is 2. The lowest BCUT2D eigenvalue weighted by molar-refractivity contribution is -0.0437. The minimum absolute atomic E-state index is 0.588. The van der Waals surface area contributed by atoms with Crippen molar-refractivity contribution in [2.24, 2.45) is 11.8 Å². The van der Waals surface area contributed by atoms with Crippen molar-refractivity contribution < 1.29 is 5.11 Å². The summed E-state index contributed by atoms with van der Waals surface area (Å²) in [7, 11) is 2.20. The Bertz CT molecular complexity index is 802. The predicted molar refractivity (Wildman–Crippen MR) is 109 cm³/mol. The highest BCUT2D eigenvalue weighted by Crippen LogP contribution is 2.39. The zero-order chi connectivity index (χ0) is 18.5. The standard InChI is InChI=1S/C22H31ClN2O/c1-15-10-16(2)13-22(26,12-15)14-25-20-5-4-17(23)11-19(20)18-6-8-24(3)9-7-21(18)25/h4-5,11,15-16,26H,6-10,12-14H2,1-3H3. The van der Waals surface area contributed by atoms with E-state index >= 15 is 0 Å². The van der Waals surface area contributed by atoms with Crippen molar-refractivity contribution >= 4 is 22.5 Å². The molecular formula is C22H31ClN2O. The van der Waals surface area contributed by atoms with E-state index < -0.39 is 5.60 Å². The maximum atomic E-state index is 11.5. The molecular weight excluding hydrogens is 344 g/mol. The molecule has 1 aliphatic heterocycles. The SMILES string of the molecule is CC1CC(C)CC(O)(Cn2c3c(c4cc(Cl)ccc42)CCN(C)CC3)C1. The Balaban J connectivity index is 1.79. The second-order valence-electron chi connectivity index (χ2n) is 9.05. The van der Waals surface area contributed by atoms with Crippen LogP contribution in [0.25, 0.3) is 10.9 Å². The second-order valence-corrected chi connectivity index (χ2v) is 9.49. The Kier molecular flexibility index (Phi) is 4.83. The molecule has 0 saturated heterocycles. The molecule has 0 bridgehead atoms. The second kappa shape index (κ2) is 6.85. The first kappa shape index (κ1) is 18.3. The molecule has 1 aliphatic carbocycles. The number of halogens is 1. The Morgan fingerprint density at radius 1 is 1.15 bits per heavy atom. The summed E-state index contributed by atoms with van der Waals surface area (Å²) in [4.78, 5) is 2.40. The highest BCUT2D eigenvalue weighted by Gasteiger charge is 2.37. The summed E-state index contributed by atoms with van der Waals surface area (Å²) < 4.78 is 2.42. The molecule has 2 aromatic rings. The molecule has 1 fully saturated rings. The molecule has 2 atom stereocenters. The molecule has 26 heavy (non-hydrogen) atoms. The molecule has 0 amide bonds. The fourth-order valence-corrected chi connectivity index (χ4v) is 5.74. The summed E-state index contributed by atoms with van der Waals surface area (Å²) in [5.74, 6) is 1.18. The fraction of sp³-hybridized carbons (Fsp3) is 0.636. The van der Waals surface area contributed by atoms with Crippen LogP contribution < -0.4 is 0 Å². The van der Waals surface area contributed by atoms with Crippen molar-refractivity contribution in [2.75, 3.05) is 20.1 Å². The zero-order valence-electron chi connectivity index (χ0n) is 16.3. The summed E-state index contributed by atoms with van der Waals surface area (Å²) in [6.45, 7) is 7.42. The molecule has 0 radical (unpaired) electrons. The van der Waals surface area contributed by atoms with Gasteiger partial charge in [0.25, 0.3) is 0 Å². The average molecular weight is 375 g/mol. The molecule has 1 N–H and O–H groups in total. The zero-order valence-corrected chi connectivity index (χ0v) is 17.0. The van der Waals surface area contributed by atoms with Crippen molar-refractivity contribution in [3.63, 3.8) is 0 Å². The van der Waals surface area contributed by atoms with E-state index in [0.717, 1.165) is 43.8 Å². The monoisotopic (exact) mass is 374 g/mol. The van der Waals surface area contributed by atoms with E-state index in [1.165, 1.54) is 28.6 Å². The average Bonchev–Trinajstić information content (AvgIpc) is 2.68. The van der Waals surface area contributed by atoms with Gasteiger partial charge in [0.2, 0.25) is 0 Å². The molecule has 4 rings (SSSR count). The lowest BCUT2D eigenvalue weighted by Gasteiger charge is -2.39. The van der Waals surface area contributed by atoms with Gasteiger partial charge in [-0.3, -0.25) is 0 Å². The van der Waals surface area contributed by atoms with Crippen molar-refractivity contribution in [3.8, 4) is 0 Å². The van der Waals surface area contributed by atoms with Gasteiger partial charge in [-0.25, -0.2) is 0 Å². The van der Waals surface area contributed by atoms with Crippen LogP contribution in [0.2, 0.25) is 5.02 Å². The Morgan fingerprint density at radius 3 is 2.58 bits per heavy atom. The van der Waals surface area contributed by atoms with Crippen molar-refractivity contribution in [1.82, 2.24) is 9.47 Å². The number of hydrogen-bond donors (Lipinski definition) is 1. The van der Waals surface area contributed by atoms with Crippen molar-refractivity contribution in [1.29, 1.82) is 0 Å². The van der Waals surface area contributed by atoms with E-state index in [-0.39, 0.29) is 0 Å². The predicted octanol–water partition coefficient (Wildman–Crippen LogP) is 4.51. The third-order valence-corrected chi connectivity index (χ3v) is 6.67. The highest BCUT2D eigenvalue weighted by molar-refractivity contribution is 6.31. The van der Waals surface area contributed by atoms with Crippen LogP contribution in [0.3, 0.4) is 0 Å². The molecule has 3 nitrogen and oxygen atoms in total. The Hall–Kier alpha value is -1.03. The van der Waals surface area contributed by atoms with E-state index in [0.29, 0.717) is 18.4 Å². The quantitative estimate of drug-likeness (QED) is 0.837. The van der Waals surface area contributed by atoms with Crippen LogP contribution in [0.15, 0.2) is 18.2 Å². The van der Waals surface area contributed by atoms with Crippen LogP contribution in [-0.4, -0.2) is 40.3 Å². The third kappa shape index (κ3) is 3.42. The van der Waals surface area contributed by atoms with Gasteiger partial charge in [-0.05, 0) is 68.3 Å². The van der Waals surface area contributed by atoms with Gasteiger partial charge in [-0.2, -0.15) is 0 Å². The van der Waals surface area contributed by atoms with Crippen molar-refractivity contribution in [2.45, 2.75) is 58.1 Å². The van der Waals surface area contributed by atoms with Crippen molar-refractivity contribution in [3.05, 3.63) is 34.5 Å². The number of aliphatic hydroxyl groups is 1. The topological polar surface area (TPSA) is 28.4 Å². The van der Waals surface area contributed by atoms with E-state index in [2.05, 4.69) is 42.5 Å². The van der Waals surface area contributed by atoms with E-state index in [9.17, 15) is 5.11 Å². The minimum atomic E-state index is -0.603. The van der Waals surface area contributed by atoms with E-state index in [1.807, 2.05) is 6.07 Å². The molecule has 2 aliphatic rings. The number of fused-ring (bicyclic) bond motifs is 3. The lowest BCUT2D eigenvalue weighted by Crippen LogP contribution is -2.42. The Morgan fingerprint density at radius 2 is 1.85 bits per heavy atom. The Labute approximate surface area is 161 Å². The normalized spacial score (nSPS) is 30.3. The van der Waals surface area contributed by atoms with Gasteiger partial charge in [0.1, 0.15) is 0 Å². The van der Waals surface area contributed by atoms with Gasteiger partial charge < -0.3 is 14.6 Å². The van der Waals surface area contributed by atoms with Gasteiger partial charge in [0, 0.05) is 41.1 Å². The number of nitrogens with zero attached hydrogens (tertiary/aromatic N) is 2. The highest BCUT2D eigenvalue weighted by atomic mass is 35.5. The molecule has 1 aromatic carbocycles. The minimum Gasteiger partial charge on any atom is -0.388 e. The maximum Gasteiger partial charge on any atom is 0.0831 e. The van der Waals surface area contributed by atoms with Gasteiger partial charge in [-0.1, -0.05) is 25.4 Å². The molecule has 2 heterocycles. The first-order chi connectivity index (χ1) is 12.3. The summed E-state index contributed by atoms with van der Waals surface area (Å²) in [5, 5.41) is 13.5. The van der Waals surface area contributed by atoms with Crippen LogP contribution in [0.5, 0.6) is 0 Å². The number of benzene rings is 1. The van der Waals surface area contributed by atoms with Gasteiger partial charge in [0.15, 0.2) is 0 Å².